The van der Waals surface area contributed by atoms with E-state index in [1.807, 2.05) is 43.3 Å². The highest BCUT2D eigenvalue weighted by Crippen LogP contribution is 2.13. The standard InChI is InChI=1S/C21H27N5O2/c1-2-28-19-7-4-18(5-8-19)6-9-20(27)22-12-13-25-14-16-26(17-15-25)21-23-10-3-11-24-21/h3-11H,2,12-17H2,1H3,(H,22,27)/b9-6+. The number of nitrogens with one attached hydrogen (secondary N) is 1. The first-order valence-corrected chi connectivity index (χ1v) is 9.67. The third-order valence-electron chi connectivity index (χ3n) is 4.55. The molecule has 1 aromatic heterocycles. The quantitative estimate of drug-likeness (QED) is 0.704. The van der Waals surface area contributed by atoms with Crippen LogP contribution in [-0.2, 0) is 4.79 Å². The van der Waals surface area contributed by atoms with Crippen LogP contribution < -0.4 is 15.0 Å². The maximum atomic E-state index is 12.0. The van der Waals surface area contributed by atoms with E-state index in [9.17, 15) is 4.79 Å². The van der Waals surface area contributed by atoms with E-state index >= 15 is 0 Å². The van der Waals surface area contributed by atoms with Crippen LogP contribution in [0.1, 0.15) is 12.5 Å². The third-order valence-corrected chi connectivity index (χ3v) is 4.55. The second-order valence-electron chi connectivity index (χ2n) is 6.50. The molecule has 3 rings (SSSR count). The van der Waals surface area contributed by atoms with Gasteiger partial charge in [-0.05, 0) is 36.8 Å². The number of anilines is 1. The Bertz CT molecular complexity index is 756. The number of aromatic nitrogens is 2. The molecule has 0 saturated carbocycles. The fourth-order valence-electron chi connectivity index (χ4n) is 3.04. The molecule has 1 fully saturated rings. The van der Waals surface area contributed by atoms with Crippen LogP contribution in [-0.4, -0.2) is 66.7 Å². The predicted octanol–water partition coefficient (Wildman–Crippen LogP) is 1.83. The van der Waals surface area contributed by atoms with Gasteiger partial charge in [0.15, 0.2) is 0 Å². The van der Waals surface area contributed by atoms with E-state index in [1.165, 1.54) is 0 Å². The Hall–Kier alpha value is -2.93. The first kappa shape index (κ1) is 19.8. The minimum atomic E-state index is -0.0785. The molecule has 0 radical (unpaired) electrons. The van der Waals surface area contributed by atoms with Crippen LogP contribution in [0.15, 0.2) is 48.8 Å². The van der Waals surface area contributed by atoms with Crippen molar-refractivity contribution >= 4 is 17.9 Å². The zero-order chi connectivity index (χ0) is 19.6. The van der Waals surface area contributed by atoms with Crippen molar-refractivity contribution in [1.82, 2.24) is 20.2 Å². The summed E-state index contributed by atoms with van der Waals surface area (Å²) >= 11 is 0. The third kappa shape index (κ3) is 6.06. The van der Waals surface area contributed by atoms with Crippen molar-refractivity contribution < 1.29 is 9.53 Å². The lowest BCUT2D eigenvalue weighted by Crippen LogP contribution is -2.48. The molecule has 2 heterocycles. The van der Waals surface area contributed by atoms with Crippen LogP contribution in [0.5, 0.6) is 5.75 Å². The smallest absolute Gasteiger partial charge is 0.244 e. The minimum Gasteiger partial charge on any atom is -0.494 e. The second kappa shape index (κ2) is 10.4. The lowest BCUT2D eigenvalue weighted by molar-refractivity contribution is -0.116. The van der Waals surface area contributed by atoms with Gasteiger partial charge in [0.05, 0.1) is 6.61 Å². The number of ether oxygens (including phenoxy) is 1. The molecule has 28 heavy (non-hydrogen) atoms. The van der Waals surface area contributed by atoms with Crippen LogP contribution in [0.4, 0.5) is 5.95 Å². The molecule has 2 aromatic rings. The Morgan fingerprint density at radius 1 is 1.14 bits per heavy atom. The molecule has 0 bridgehead atoms. The maximum Gasteiger partial charge on any atom is 0.244 e. The Morgan fingerprint density at radius 2 is 1.86 bits per heavy atom. The summed E-state index contributed by atoms with van der Waals surface area (Å²) in [5.74, 6) is 1.54. The van der Waals surface area contributed by atoms with Crippen LogP contribution in [0.3, 0.4) is 0 Å². The molecule has 7 heteroatoms. The van der Waals surface area contributed by atoms with Crippen LogP contribution >= 0.6 is 0 Å². The molecule has 1 aromatic carbocycles. The molecule has 1 N–H and O–H groups in total. The van der Waals surface area contributed by atoms with E-state index in [-0.39, 0.29) is 5.91 Å². The first-order chi connectivity index (χ1) is 13.7. The van der Waals surface area contributed by atoms with Crippen LogP contribution in [0.2, 0.25) is 0 Å². The van der Waals surface area contributed by atoms with E-state index in [2.05, 4.69) is 25.1 Å². The molecule has 148 valence electrons. The van der Waals surface area contributed by atoms with Crippen LogP contribution in [0.25, 0.3) is 6.08 Å². The van der Waals surface area contributed by atoms with Gasteiger partial charge < -0.3 is 15.0 Å². The lowest BCUT2D eigenvalue weighted by atomic mass is 10.2. The number of carbonyl (C=O) groups is 1. The summed E-state index contributed by atoms with van der Waals surface area (Å²) in [6, 6.07) is 9.50. The van der Waals surface area contributed by atoms with Crippen molar-refractivity contribution in [3.05, 3.63) is 54.4 Å². The average Bonchev–Trinajstić information content (AvgIpc) is 2.75. The Kier molecular flexibility index (Phi) is 7.37. The van der Waals surface area contributed by atoms with Crippen molar-refractivity contribution in [2.45, 2.75) is 6.92 Å². The lowest BCUT2D eigenvalue weighted by Gasteiger charge is -2.34. The van der Waals surface area contributed by atoms with Gasteiger partial charge in [0.2, 0.25) is 11.9 Å². The van der Waals surface area contributed by atoms with Gasteiger partial charge in [-0.3, -0.25) is 9.69 Å². The van der Waals surface area contributed by atoms with Crippen molar-refractivity contribution in [1.29, 1.82) is 0 Å². The van der Waals surface area contributed by atoms with Crippen LogP contribution in [0, 0.1) is 0 Å². The van der Waals surface area contributed by atoms with Gasteiger partial charge >= 0.3 is 0 Å². The summed E-state index contributed by atoms with van der Waals surface area (Å²) in [6.45, 7) is 7.75. The number of benzene rings is 1. The molecule has 1 saturated heterocycles. The van der Waals surface area contributed by atoms with Crippen molar-refractivity contribution in [3.63, 3.8) is 0 Å². The van der Waals surface area contributed by atoms with Crippen molar-refractivity contribution in [2.24, 2.45) is 0 Å². The number of amides is 1. The van der Waals surface area contributed by atoms with E-state index in [0.717, 1.165) is 50.0 Å². The zero-order valence-electron chi connectivity index (χ0n) is 16.3. The highest BCUT2D eigenvalue weighted by atomic mass is 16.5. The fraction of sp³-hybridized carbons (Fsp3) is 0.381. The molecule has 1 aliphatic rings. The van der Waals surface area contributed by atoms with Gasteiger partial charge in [-0.2, -0.15) is 0 Å². The molecule has 7 nitrogen and oxygen atoms in total. The largest absolute Gasteiger partial charge is 0.494 e. The fourth-order valence-corrected chi connectivity index (χ4v) is 3.04. The molecule has 0 atom stereocenters. The molecule has 1 aliphatic heterocycles. The zero-order valence-corrected chi connectivity index (χ0v) is 16.3. The number of nitrogens with zero attached hydrogens (tertiary/aromatic N) is 4. The Balaban J connectivity index is 1.34. The molecule has 0 unspecified atom stereocenters. The molecular formula is C21H27N5O2. The summed E-state index contributed by atoms with van der Waals surface area (Å²) in [5.41, 5.74) is 0.970. The highest BCUT2D eigenvalue weighted by Gasteiger charge is 2.18. The molecule has 0 spiro atoms. The summed E-state index contributed by atoms with van der Waals surface area (Å²) in [6.07, 6.45) is 6.92. The summed E-state index contributed by atoms with van der Waals surface area (Å²) < 4.78 is 5.41. The Morgan fingerprint density at radius 3 is 2.54 bits per heavy atom. The maximum absolute atomic E-state index is 12.0. The van der Waals surface area contributed by atoms with Crippen molar-refractivity contribution in [3.8, 4) is 5.75 Å². The van der Waals surface area contributed by atoms with Gasteiger partial charge in [-0.15, -0.1) is 0 Å². The van der Waals surface area contributed by atoms with Gasteiger partial charge in [0.25, 0.3) is 0 Å². The summed E-state index contributed by atoms with van der Waals surface area (Å²) in [7, 11) is 0. The van der Waals surface area contributed by atoms with Gasteiger partial charge in [0.1, 0.15) is 5.75 Å². The van der Waals surface area contributed by atoms with Gasteiger partial charge in [0, 0.05) is 57.7 Å². The second-order valence-corrected chi connectivity index (χ2v) is 6.50. The number of rotatable bonds is 8. The first-order valence-electron chi connectivity index (χ1n) is 9.67. The molecular weight excluding hydrogens is 354 g/mol. The average molecular weight is 381 g/mol. The minimum absolute atomic E-state index is 0.0785. The topological polar surface area (TPSA) is 70.6 Å². The van der Waals surface area contributed by atoms with E-state index in [1.54, 1.807) is 18.5 Å². The SMILES string of the molecule is CCOc1ccc(/C=C/C(=O)NCCN2CCN(c3ncccn3)CC2)cc1. The molecule has 0 aliphatic carbocycles. The Labute approximate surface area is 166 Å². The summed E-state index contributed by atoms with van der Waals surface area (Å²) in [4.78, 5) is 25.1. The monoisotopic (exact) mass is 381 g/mol. The normalized spacial score (nSPS) is 15.0. The molecule has 1 amide bonds. The number of hydrogen-bond acceptors (Lipinski definition) is 6. The highest BCUT2D eigenvalue weighted by molar-refractivity contribution is 5.91. The number of hydrogen-bond donors (Lipinski definition) is 1. The van der Waals surface area contributed by atoms with Gasteiger partial charge in [-0.1, -0.05) is 12.1 Å². The van der Waals surface area contributed by atoms with E-state index in [0.29, 0.717) is 13.2 Å². The number of carbonyl (C=O) groups excluding carboxylic acids is 1. The summed E-state index contributed by atoms with van der Waals surface area (Å²) in [5, 5.41) is 2.94. The van der Waals surface area contributed by atoms with Gasteiger partial charge in [-0.25, -0.2) is 9.97 Å². The number of piperazine rings is 1. The predicted molar refractivity (Wildman–Crippen MR) is 110 cm³/mol. The van der Waals surface area contributed by atoms with Crippen molar-refractivity contribution in [2.75, 3.05) is 50.8 Å². The van der Waals surface area contributed by atoms with E-state index in [4.69, 9.17) is 4.74 Å². The van der Waals surface area contributed by atoms with E-state index < -0.39 is 0 Å².